The van der Waals surface area contributed by atoms with Crippen molar-refractivity contribution >= 4 is 28.6 Å². The summed E-state index contributed by atoms with van der Waals surface area (Å²) in [5, 5.41) is 8.86. The third kappa shape index (κ3) is 1.92. The van der Waals surface area contributed by atoms with E-state index in [4.69, 9.17) is 14.6 Å². The first-order valence-electron chi connectivity index (χ1n) is 3.75. The second-order valence-electron chi connectivity index (χ2n) is 2.47. The van der Waals surface area contributed by atoms with Crippen molar-refractivity contribution in [1.29, 1.82) is 0 Å². The standard InChI is InChI=1S/C9H9IO4/c1-13-6-4-3-5(9(11)12)8(14-2)7(6)10/h3-4H,1-2H3,(H,11,12). The van der Waals surface area contributed by atoms with Crippen LogP contribution in [0.25, 0.3) is 0 Å². The van der Waals surface area contributed by atoms with Crippen molar-refractivity contribution < 1.29 is 19.4 Å². The van der Waals surface area contributed by atoms with Crippen molar-refractivity contribution in [3.05, 3.63) is 21.3 Å². The van der Waals surface area contributed by atoms with Crippen LogP contribution in [0.3, 0.4) is 0 Å². The smallest absolute Gasteiger partial charge is 0.339 e. The van der Waals surface area contributed by atoms with Crippen molar-refractivity contribution in [2.45, 2.75) is 0 Å². The molecule has 1 rings (SSSR count). The van der Waals surface area contributed by atoms with Gasteiger partial charge in [-0.25, -0.2) is 4.79 Å². The van der Waals surface area contributed by atoms with Gasteiger partial charge in [0.25, 0.3) is 0 Å². The van der Waals surface area contributed by atoms with E-state index in [0.717, 1.165) is 0 Å². The van der Waals surface area contributed by atoms with Crippen LogP contribution in [-0.2, 0) is 0 Å². The molecule has 0 aromatic heterocycles. The topological polar surface area (TPSA) is 55.8 Å². The van der Waals surface area contributed by atoms with Crippen LogP contribution in [0.15, 0.2) is 12.1 Å². The normalized spacial score (nSPS) is 9.64. The third-order valence-corrected chi connectivity index (χ3v) is 2.74. The minimum atomic E-state index is -1.01. The third-order valence-electron chi connectivity index (χ3n) is 1.72. The number of methoxy groups -OCH3 is 2. The van der Waals surface area contributed by atoms with E-state index in [1.807, 2.05) is 22.6 Å². The monoisotopic (exact) mass is 308 g/mol. The maximum atomic E-state index is 10.8. The number of rotatable bonds is 3. The summed E-state index contributed by atoms with van der Waals surface area (Å²) < 4.78 is 10.7. The Morgan fingerprint density at radius 3 is 2.43 bits per heavy atom. The summed E-state index contributed by atoms with van der Waals surface area (Å²) >= 11 is 1.99. The summed E-state index contributed by atoms with van der Waals surface area (Å²) in [6, 6.07) is 3.07. The van der Waals surface area contributed by atoms with Crippen LogP contribution >= 0.6 is 22.6 Å². The predicted octanol–water partition coefficient (Wildman–Crippen LogP) is 2.01. The summed E-state index contributed by atoms with van der Waals surface area (Å²) in [5.41, 5.74) is 0.137. The molecule has 0 saturated carbocycles. The van der Waals surface area contributed by atoms with E-state index in [1.165, 1.54) is 20.3 Å². The fourth-order valence-corrected chi connectivity index (χ4v) is 1.97. The van der Waals surface area contributed by atoms with Gasteiger partial charge in [-0.05, 0) is 34.7 Å². The second kappa shape index (κ2) is 4.50. The predicted molar refractivity (Wildman–Crippen MR) is 59.2 cm³/mol. The van der Waals surface area contributed by atoms with Crippen LogP contribution in [0.5, 0.6) is 11.5 Å². The van der Waals surface area contributed by atoms with E-state index in [1.54, 1.807) is 6.07 Å². The van der Waals surface area contributed by atoms with Crippen LogP contribution in [0.1, 0.15) is 10.4 Å². The van der Waals surface area contributed by atoms with Gasteiger partial charge in [0.2, 0.25) is 0 Å². The average Bonchev–Trinajstić information content (AvgIpc) is 2.17. The largest absolute Gasteiger partial charge is 0.496 e. The summed E-state index contributed by atoms with van der Waals surface area (Å²) in [6.45, 7) is 0. The van der Waals surface area contributed by atoms with Gasteiger partial charge in [-0.2, -0.15) is 0 Å². The lowest BCUT2D eigenvalue weighted by molar-refractivity contribution is 0.0693. The van der Waals surface area contributed by atoms with Gasteiger partial charge < -0.3 is 14.6 Å². The van der Waals surface area contributed by atoms with E-state index >= 15 is 0 Å². The van der Waals surface area contributed by atoms with E-state index in [-0.39, 0.29) is 5.56 Å². The number of halogens is 1. The molecule has 0 aliphatic rings. The van der Waals surface area contributed by atoms with E-state index < -0.39 is 5.97 Å². The lowest BCUT2D eigenvalue weighted by Crippen LogP contribution is -2.03. The van der Waals surface area contributed by atoms with Gasteiger partial charge in [-0.1, -0.05) is 0 Å². The van der Waals surface area contributed by atoms with Crippen molar-refractivity contribution in [2.75, 3.05) is 14.2 Å². The molecule has 0 spiro atoms. The number of aromatic carboxylic acids is 1. The fourth-order valence-electron chi connectivity index (χ4n) is 1.06. The van der Waals surface area contributed by atoms with Gasteiger partial charge in [0.15, 0.2) is 0 Å². The van der Waals surface area contributed by atoms with Gasteiger partial charge in [-0.3, -0.25) is 0 Å². The molecular formula is C9H9IO4. The number of hydrogen-bond acceptors (Lipinski definition) is 3. The van der Waals surface area contributed by atoms with Gasteiger partial charge in [0.1, 0.15) is 17.1 Å². The highest BCUT2D eigenvalue weighted by molar-refractivity contribution is 14.1. The first-order chi connectivity index (χ1) is 6.61. The molecule has 0 fully saturated rings. The minimum absolute atomic E-state index is 0.137. The van der Waals surface area contributed by atoms with Crippen LogP contribution < -0.4 is 9.47 Å². The highest BCUT2D eigenvalue weighted by atomic mass is 127. The van der Waals surface area contributed by atoms with Gasteiger partial charge >= 0.3 is 5.97 Å². The molecule has 0 saturated heterocycles. The molecule has 0 amide bonds. The molecule has 1 aromatic rings. The lowest BCUT2D eigenvalue weighted by Gasteiger charge is -2.10. The van der Waals surface area contributed by atoms with Crippen molar-refractivity contribution in [3.8, 4) is 11.5 Å². The van der Waals surface area contributed by atoms with Crippen molar-refractivity contribution in [3.63, 3.8) is 0 Å². The number of benzene rings is 1. The molecule has 0 aliphatic heterocycles. The zero-order chi connectivity index (χ0) is 10.7. The molecule has 0 aliphatic carbocycles. The Morgan fingerprint density at radius 1 is 1.36 bits per heavy atom. The number of carboxylic acids is 1. The summed E-state index contributed by atoms with van der Waals surface area (Å²) in [6.07, 6.45) is 0. The zero-order valence-electron chi connectivity index (χ0n) is 7.70. The van der Waals surface area contributed by atoms with Crippen molar-refractivity contribution in [1.82, 2.24) is 0 Å². The van der Waals surface area contributed by atoms with Crippen LogP contribution in [0.2, 0.25) is 0 Å². The molecule has 0 unspecified atom stereocenters. The lowest BCUT2D eigenvalue weighted by atomic mass is 10.2. The number of hydrogen-bond donors (Lipinski definition) is 1. The number of carbonyl (C=O) groups is 1. The molecular weight excluding hydrogens is 299 g/mol. The molecule has 0 atom stereocenters. The van der Waals surface area contributed by atoms with E-state index in [9.17, 15) is 4.79 Å². The highest BCUT2D eigenvalue weighted by Gasteiger charge is 2.16. The molecule has 0 heterocycles. The van der Waals surface area contributed by atoms with Crippen LogP contribution in [0.4, 0.5) is 0 Å². The summed E-state index contributed by atoms with van der Waals surface area (Å²) in [5.74, 6) is -0.0766. The Hall–Kier alpha value is -0.980. The first-order valence-corrected chi connectivity index (χ1v) is 4.83. The minimum Gasteiger partial charge on any atom is -0.496 e. The Morgan fingerprint density at radius 2 is 2.00 bits per heavy atom. The fraction of sp³-hybridized carbons (Fsp3) is 0.222. The quantitative estimate of drug-likeness (QED) is 0.868. The molecule has 5 heteroatoms. The van der Waals surface area contributed by atoms with E-state index in [2.05, 4.69) is 0 Å². The molecule has 1 aromatic carbocycles. The molecule has 4 nitrogen and oxygen atoms in total. The average molecular weight is 308 g/mol. The van der Waals surface area contributed by atoms with Crippen LogP contribution in [0, 0.1) is 3.57 Å². The van der Waals surface area contributed by atoms with Crippen molar-refractivity contribution in [2.24, 2.45) is 0 Å². The Kier molecular flexibility index (Phi) is 3.56. The highest BCUT2D eigenvalue weighted by Crippen LogP contribution is 2.33. The molecule has 76 valence electrons. The van der Waals surface area contributed by atoms with E-state index in [0.29, 0.717) is 15.1 Å². The Labute approximate surface area is 95.0 Å². The molecule has 1 N–H and O–H groups in total. The van der Waals surface area contributed by atoms with Gasteiger partial charge in [-0.15, -0.1) is 0 Å². The second-order valence-corrected chi connectivity index (χ2v) is 3.55. The molecule has 14 heavy (non-hydrogen) atoms. The number of carboxylic acid groups (broad SMARTS) is 1. The van der Waals surface area contributed by atoms with Crippen LogP contribution in [-0.4, -0.2) is 25.3 Å². The SMILES string of the molecule is COc1ccc(C(=O)O)c(OC)c1I. The maximum absolute atomic E-state index is 10.8. The first kappa shape index (κ1) is 11.1. The summed E-state index contributed by atoms with van der Waals surface area (Å²) in [4.78, 5) is 10.8. The van der Waals surface area contributed by atoms with Gasteiger partial charge in [0.05, 0.1) is 17.8 Å². The zero-order valence-corrected chi connectivity index (χ0v) is 9.86. The number of ether oxygens (including phenoxy) is 2. The maximum Gasteiger partial charge on any atom is 0.339 e. The Balaban J connectivity index is 3.35. The molecule has 0 radical (unpaired) electrons. The Bertz CT molecular complexity index is 362. The molecule has 0 bridgehead atoms. The van der Waals surface area contributed by atoms with Gasteiger partial charge in [0, 0.05) is 0 Å². The summed E-state index contributed by atoms with van der Waals surface area (Å²) in [7, 11) is 2.96.